The maximum absolute atomic E-state index is 11.1. The molecule has 5 nitrogen and oxygen atoms in total. The van der Waals surface area contributed by atoms with Crippen LogP contribution in [0.3, 0.4) is 0 Å². The summed E-state index contributed by atoms with van der Waals surface area (Å²) in [6.45, 7) is 0. The highest BCUT2D eigenvalue weighted by Gasteiger charge is 2.02. The zero-order valence-electron chi connectivity index (χ0n) is 6.94. The molecule has 14 heavy (non-hydrogen) atoms. The minimum absolute atomic E-state index is 0.134. The van der Waals surface area contributed by atoms with Crippen LogP contribution in [0.15, 0.2) is 29.5 Å². The Kier molecular flexibility index (Phi) is 2.24. The van der Waals surface area contributed by atoms with Crippen molar-refractivity contribution < 1.29 is 0 Å². The van der Waals surface area contributed by atoms with Crippen molar-refractivity contribution in [2.75, 3.05) is 0 Å². The molecular weight excluding hydrogens is 204 g/mol. The van der Waals surface area contributed by atoms with Gasteiger partial charge in [-0.25, -0.2) is 9.97 Å². The minimum Gasteiger partial charge on any atom is -0.305 e. The summed E-state index contributed by atoms with van der Waals surface area (Å²) >= 11 is 5.62. The zero-order chi connectivity index (χ0) is 9.97. The standard InChI is InChI=1S/C8H5ClN4O/c9-6-3-7(14)13-8(12-6)5-4-10-1-2-11-5/h1-4H,(H,12,13,14). The average molecular weight is 209 g/mol. The lowest BCUT2D eigenvalue weighted by atomic mass is 10.4. The molecule has 0 aromatic carbocycles. The van der Waals surface area contributed by atoms with E-state index in [-0.39, 0.29) is 10.7 Å². The van der Waals surface area contributed by atoms with Gasteiger partial charge in [-0.15, -0.1) is 0 Å². The van der Waals surface area contributed by atoms with Crippen molar-refractivity contribution in [1.82, 2.24) is 19.9 Å². The predicted octanol–water partition coefficient (Wildman–Crippen LogP) is 0.880. The molecule has 0 unspecified atom stereocenters. The molecule has 2 heterocycles. The van der Waals surface area contributed by atoms with Crippen molar-refractivity contribution in [2.24, 2.45) is 0 Å². The Hall–Kier alpha value is -1.75. The zero-order valence-corrected chi connectivity index (χ0v) is 7.69. The van der Waals surface area contributed by atoms with Gasteiger partial charge in [-0.05, 0) is 0 Å². The van der Waals surface area contributed by atoms with Crippen molar-refractivity contribution in [3.05, 3.63) is 40.2 Å². The Balaban J connectivity index is 2.58. The van der Waals surface area contributed by atoms with Gasteiger partial charge < -0.3 is 4.98 Å². The summed E-state index contributed by atoms with van der Waals surface area (Å²) in [4.78, 5) is 25.3. The number of H-pyrrole nitrogens is 1. The lowest BCUT2D eigenvalue weighted by molar-refractivity contribution is 1.08. The monoisotopic (exact) mass is 208 g/mol. The van der Waals surface area contributed by atoms with Crippen LogP contribution in [0.1, 0.15) is 0 Å². The number of aromatic amines is 1. The van der Waals surface area contributed by atoms with Crippen LogP contribution in [-0.2, 0) is 0 Å². The van der Waals surface area contributed by atoms with Crippen molar-refractivity contribution in [3.63, 3.8) is 0 Å². The maximum atomic E-state index is 11.1. The molecule has 70 valence electrons. The first-order valence-corrected chi connectivity index (χ1v) is 4.17. The van der Waals surface area contributed by atoms with Crippen LogP contribution in [0.5, 0.6) is 0 Å². The van der Waals surface area contributed by atoms with Crippen molar-refractivity contribution in [3.8, 4) is 11.5 Å². The van der Waals surface area contributed by atoms with E-state index in [9.17, 15) is 4.79 Å². The van der Waals surface area contributed by atoms with Crippen LogP contribution < -0.4 is 5.56 Å². The number of rotatable bonds is 1. The van der Waals surface area contributed by atoms with Gasteiger partial charge in [0.25, 0.3) is 5.56 Å². The van der Waals surface area contributed by atoms with Crippen LogP contribution in [0.2, 0.25) is 5.15 Å². The quantitative estimate of drug-likeness (QED) is 0.707. The molecule has 2 aromatic heterocycles. The third kappa shape index (κ3) is 1.77. The molecule has 0 spiro atoms. The van der Waals surface area contributed by atoms with Gasteiger partial charge in [-0.2, -0.15) is 0 Å². The Bertz CT molecular complexity index is 496. The lowest BCUT2D eigenvalue weighted by Gasteiger charge is -1.97. The molecule has 0 fully saturated rings. The van der Waals surface area contributed by atoms with E-state index >= 15 is 0 Å². The first kappa shape index (κ1) is 8.83. The van der Waals surface area contributed by atoms with E-state index in [4.69, 9.17) is 11.6 Å². The van der Waals surface area contributed by atoms with Crippen LogP contribution in [0.4, 0.5) is 0 Å². The summed E-state index contributed by atoms with van der Waals surface area (Å²) in [5.74, 6) is 0.315. The molecule has 1 N–H and O–H groups in total. The Morgan fingerprint density at radius 3 is 2.86 bits per heavy atom. The van der Waals surface area contributed by atoms with Gasteiger partial charge in [0.15, 0.2) is 5.82 Å². The van der Waals surface area contributed by atoms with Gasteiger partial charge in [0.2, 0.25) is 0 Å². The summed E-state index contributed by atoms with van der Waals surface area (Å²) in [5, 5.41) is 0.134. The normalized spacial score (nSPS) is 10.1. The first-order chi connectivity index (χ1) is 6.75. The smallest absolute Gasteiger partial charge is 0.252 e. The van der Waals surface area contributed by atoms with E-state index in [1.54, 1.807) is 0 Å². The van der Waals surface area contributed by atoms with Gasteiger partial charge in [0, 0.05) is 18.5 Å². The highest BCUT2D eigenvalue weighted by atomic mass is 35.5. The fraction of sp³-hybridized carbons (Fsp3) is 0. The number of hydrogen-bond donors (Lipinski definition) is 1. The first-order valence-electron chi connectivity index (χ1n) is 3.79. The third-order valence-corrected chi connectivity index (χ3v) is 1.71. The molecule has 0 aliphatic carbocycles. The van der Waals surface area contributed by atoms with Crippen LogP contribution in [0.25, 0.3) is 11.5 Å². The second kappa shape index (κ2) is 3.55. The average Bonchev–Trinajstić information content (AvgIpc) is 2.18. The Morgan fingerprint density at radius 1 is 1.36 bits per heavy atom. The summed E-state index contributed by atoms with van der Waals surface area (Å²) in [5.41, 5.74) is 0.165. The SMILES string of the molecule is O=c1cc(Cl)nc(-c2cnccn2)[nH]1. The van der Waals surface area contributed by atoms with Crippen molar-refractivity contribution >= 4 is 11.6 Å². The van der Waals surface area contributed by atoms with E-state index in [1.165, 1.54) is 24.7 Å². The molecule has 6 heteroatoms. The van der Waals surface area contributed by atoms with Gasteiger partial charge in [-0.1, -0.05) is 11.6 Å². The molecule has 2 aromatic rings. The van der Waals surface area contributed by atoms with Crippen molar-refractivity contribution in [2.45, 2.75) is 0 Å². The lowest BCUT2D eigenvalue weighted by Crippen LogP contribution is -2.07. The molecular formula is C8H5ClN4O. The molecule has 0 bridgehead atoms. The molecule has 0 amide bonds. The molecule has 0 atom stereocenters. The minimum atomic E-state index is -0.314. The summed E-state index contributed by atoms with van der Waals surface area (Å²) in [6, 6.07) is 1.20. The van der Waals surface area contributed by atoms with E-state index in [0.717, 1.165) is 0 Å². The van der Waals surface area contributed by atoms with E-state index in [2.05, 4.69) is 19.9 Å². The fourth-order valence-corrected chi connectivity index (χ4v) is 1.15. The van der Waals surface area contributed by atoms with Crippen molar-refractivity contribution in [1.29, 1.82) is 0 Å². The predicted molar refractivity (Wildman–Crippen MR) is 50.9 cm³/mol. The van der Waals surface area contributed by atoms with Gasteiger partial charge in [-0.3, -0.25) is 9.78 Å². The fourth-order valence-electron chi connectivity index (χ4n) is 0.971. The third-order valence-electron chi connectivity index (χ3n) is 1.52. The van der Waals surface area contributed by atoms with Crippen LogP contribution in [-0.4, -0.2) is 19.9 Å². The van der Waals surface area contributed by atoms with E-state index in [0.29, 0.717) is 11.5 Å². The number of nitrogens with zero attached hydrogens (tertiary/aromatic N) is 3. The highest BCUT2D eigenvalue weighted by molar-refractivity contribution is 6.29. The second-order valence-electron chi connectivity index (χ2n) is 2.51. The van der Waals surface area contributed by atoms with Crippen LogP contribution >= 0.6 is 11.6 Å². The van der Waals surface area contributed by atoms with E-state index in [1.807, 2.05) is 0 Å². The van der Waals surface area contributed by atoms with Crippen LogP contribution in [0, 0.1) is 0 Å². The second-order valence-corrected chi connectivity index (χ2v) is 2.89. The number of halogens is 1. The highest BCUT2D eigenvalue weighted by Crippen LogP contribution is 2.09. The maximum Gasteiger partial charge on any atom is 0.252 e. The summed E-state index contributed by atoms with van der Waals surface area (Å²) < 4.78 is 0. The molecule has 0 aliphatic heterocycles. The number of hydrogen-bond acceptors (Lipinski definition) is 4. The van der Waals surface area contributed by atoms with Gasteiger partial charge in [0.05, 0.1) is 6.20 Å². The largest absolute Gasteiger partial charge is 0.305 e. The van der Waals surface area contributed by atoms with Gasteiger partial charge in [0.1, 0.15) is 10.8 Å². The molecule has 0 saturated heterocycles. The molecule has 0 radical (unpaired) electrons. The Morgan fingerprint density at radius 2 is 2.21 bits per heavy atom. The summed E-state index contributed by atoms with van der Waals surface area (Å²) in [7, 11) is 0. The molecule has 2 rings (SSSR count). The molecule has 0 aliphatic rings. The Labute approximate surface area is 83.8 Å². The number of aromatic nitrogens is 4. The van der Waals surface area contributed by atoms with Gasteiger partial charge >= 0.3 is 0 Å². The number of nitrogens with one attached hydrogen (secondary N) is 1. The summed E-state index contributed by atoms with van der Waals surface area (Å²) in [6.07, 6.45) is 4.54. The topological polar surface area (TPSA) is 71.5 Å². The van der Waals surface area contributed by atoms with E-state index < -0.39 is 0 Å². The molecule has 0 saturated carbocycles.